The lowest BCUT2D eigenvalue weighted by Gasteiger charge is -2.15. The van der Waals surface area contributed by atoms with Gasteiger partial charge >= 0.3 is 0 Å². The smallest absolute Gasteiger partial charge is 0.227 e. The van der Waals surface area contributed by atoms with Crippen LogP contribution in [-0.4, -0.2) is 15.9 Å². The zero-order valence-corrected chi connectivity index (χ0v) is 13.2. The van der Waals surface area contributed by atoms with E-state index in [1.54, 1.807) is 6.20 Å². The van der Waals surface area contributed by atoms with Gasteiger partial charge in [0.1, 0.15) is 0 Å². The fourth-order valence-corrected chi connectivity index (χ4v) is 2.46. The van der Waals surface area contributed by atoms with Crippen LogP contribution in [0.15, 0.2) is 30.5 Å². The molecule has 0 aliphatic heterocycles. The normalized spacial score (nSPS) is 12.1. The van der Waals surface area contributed by atoms with Crippen LogP contribution in [-0.2, 0) is 4.79 Å². The van der Waals surface area contributed by atoms with E-state index in [9.17, 15) is 4.79 Å². The lowest BCUT2D eigenvalue weighted by molar-refractivity contribution is -0.120. The number of unbranched alkanes of at least 4 members (excludes halogenated alkanes) is 1. The third-order valence-electron chi connectivity index (χ3n) is 3.81. The summed E-state index contributed by atoms with van der Waals surface area (Å²) in [5.74, 6) is 0.554. The Morgan fingerprint density at radius 3 is 2.86 bits per heavy atom. The molecule has 1 unspecified atom stereocenters. The molecule has 5 heteroatoms. The first-order chi connectivity index (χ1) is 10.6. The van der Waals surface area contributed by atoms with E-state index >= 15 is 0 Å². The van der Waals surface area contributed by atoms with E-state index in [4.69, 9.17) is 5.73 Å². The van der Waals surface area contributed by atoms with Crippen LogP contribution in [0.2, 0.25) is 0 Å². The summed E-state index contributed by atoms with van der Waals surface area (Å²) in [6, 6.07) is 7.69. The largest absolute Gasteiger partial charge is 0.369 e. The number of nitrogen functional groups attached to an aromatic ring is 1. The Hall–Kier alpha value is -2.30. The number of aromatic nitrogens is 2. The predicted molar refractivity (Wildman–Crippen MR) is 90.4 cm³/mol. The van der Waals surface area contributed by atoms with E-state index in [1.165, 1.54) is 0 Å². The molecule has 2 aromatic rings. The average Bonchev–Trinajstić information content (AvgIpc) is 2.95. The molecule has 1 atom stereocenters. The number of H-pyrrole nitrogens is 1. The standard InChI is InChI=1S/C17H24N4O/c1-3-5-7-12(4-2)16(22)20-14-9-6-8-13(10-14)15-11-19-17(18)21-15/h6,8-12H,3-5,7H2,1-2H3,(H,20,22)(H3,18,19,21). The molecular formula is C17H24N4O. The third-order valence-corrected chi connectivity index (χ3v) is 3.81. The maximum absolute atomic E-state index is 12.4. The molecular weight excluding hydrogens is 276 g/mol. The van der Waals surface area contributed by atoms with Gasteiger partial charge in [-0.1, -0.05) is 38.8 Å². The van der Waals surface area contributed by atoms with Crippen LogP contribution in [0.4, 0.5) is 11.6 Å². The van der Waals surface area contributed by atoms with Crippen LogP contribution in [0.25, 0.3) is 11.3 Å². The van der Waals surface area contributed by atoms with Crippen molar-refractivity contribution in [1.82, 2.24) is 9.97 Å². The summed E-state index contributed by atoms with van der Waals surface area (Å²) in [5.41, 5.74) is 8.19. The molecule has 0 saturated carbocycles. The number of nitrogens with zero attached hydrogens (tertiary/aromatic N) is 1. The van der Waals surface area contributed by atoms with Gasteiger partial charge in [0, 0.05) is 17.2 Å². The summed E-state index contributed by atoms with van der Waals surface area (Å²) in [6.45, 7) is 4.20. The second-order valence-electron chi connectivity index (χ2n) is 5.50. The molecule has 0 spiro atoms. The van der Waals surface area contributed by atoms with Gasteiger partial charge in [0.05, 0.1) is 11.9 Å². The zero-order valence-electron chi connectivity index (χ0n) is 13.2. The van der Waals surface area contributed by atoms with Gasteiger partial charge in [-0.2, -0.15) is 0 Å². The number of amides is 1. The summed E-state index contributed by atoms with van der Waals surface area (Å²) in [6.07, 6.45) is 5.68. The molecule has 5 nitrogen and oxygen atoms in total. The van der Waals surface area contributed by atoms with Crippen LogP contribution < -0.4 is 11.1 Å². The second-order valence-corrected chi connectivity index (χ2v) is 5.50. The zero-order chi connectivity index (χ0) is 15.9. The highest BCUT2D eigenvalue weighted by Gasteiger charge is 2.16. The molecule has 0 aliphatic rings. The molecule has 4 N–H and O–H groups in total. The maximum atomic E-state index is 12.4. The van der Waals surface area contributed by atoms with E-state index in [2.05, 4.69) is 29.1 Å². The first-order valence-corrected chi connectivity index (χ1v) is 7.85. The first-order valence-electron chi connectivity index (χ1n) is 7.85. The number of imidazole rings is 1. The van der Waals surface area contributed by atoms with E-state index in [-0.39, 0.29) is 11.8 Å². The predicted octanol–water partition coefficient (Wildman–Crippen LogP) is 3.81. The molecule has 2 rings (SSSR count). The number of hydrogen-bond donors (Lipinski definition) is 3. The molecule has 1 aromatic heterocycles. The lowest BCUT2D eigenvalue weighted by atomic mass is 9.98. The molecule has 1 amide bonds. The van der Waals surface area contributed by atoms with Crippen molar-refractivity contribution >= 4 is 17.5 Å². The second kappa shape index (κ2) is 7.64. The van der Waals surface area contributed by atoms with Crippen molar-refractivity contribution in [3.05, 3.63) is 30.5 Å². The van der Waals surface area contributed by atoms with Gasteiger partial charge < -0.3 is 16.0 Å². The minimum atomic E-state index is 0.0754. The molecule has 1 heterocycles. The number of benzene rings is 1. The molecule has 0 fully saturated rings. The van der Waals surface area contributed by atoms with E-state index in [0.29, 0.717) is 5.95 Å². The van der Waals surface area contributed by atoms with Crippen LogP contribution >= 0.6 is 0 Å². The van der Waals surface area contributed by atoms with Gasteiger partial charge in [-0.3, -0.25) is 4.79 Å². The highest BCUT2D eigenvalue weighted by Crippen LogP contribution is 2.22. The van der Waals surface area contributed by atoms with Crippen molar-refractivity contribution in [2.75, 3.05) is 11.1 Å². The molecule has 1 aromatic carbocycles. The van der Waals surface area contributed by atoms with Crippen LogP contribution in [0.5, 0.6) is 0 Å². The lowest BCUT2D eigenvalue weighted by Crippen LogP contribution is -2.22. The number of nitrogens with one attached hydrogen (secondary N) is 2. The molecule has 0 bridgehead atoms. The number of nitrogens with two attached hydrogens (primary N) is 1. The molecule has 0 radical (unpaired) electrons. The SMILES string of the molecule is CCCCC(CC)C(=O)Nc1cccc(-c2cnc(N)[nH]2)c1. The quantitative estimate of drug-likeness (QED) is 0.727. The van der Waals surface area contributed by atoms with Crippen LogP contribution in [0, 0.1) is 5.92 Å². The summed E-state index contributed by atoms with van der Waals surface area (Å²) in [7, 11) is 0. The highest BCUT2D eigenvalue weighted by molar-refractivity contribution is 5.93. The Bertz CT molecular complexity index is 621. The fourth-order valence-electron chi connectivity index (χ4n) is 2.46. The van der Waals surface area contributed by atoms with Crippen molar-refractivity contribution in [3.8, 4) is 11.3 Å². The number of rotatable bonds is 7. The van der Waals surface area contributed by atoms with E-state index in [1.807, 2.05) is 24.3 Å². The van der Waals surface area contributed by atoms with Gasteiger partial charge in [-0.05, 0) is 25.0 Å². The summed E-state index contributed by atoms with van der Waals surface area (Å²) in [4.78, 5) is 19.3. The van der Waals surface area contributed by atoms with Crippen molar-refractivity contribution in [2.45, 2.75) is 39.5 Å². The first kappa shape index (κ1) is 16.1. The summed E-state index contributed by atoms with van der Waals surface area (Å²) >= 11 is 0. The topological polar surface area (TPSA) is 83.8 Å². The third kappa shape index (κ3) is 4.10. The summed E-state index contributed by atoms with van der Waals surface area (Å²) in [5, 5.41) is 3.01. The fraction of sp³-hybridized carbons (Fsp3) is 0.412. The van der Waals surface area contributed by atoms with Gasteiger partial charge in [0.2, 0.25) is 5.91 Å². The van der Waals surface area contributed by atoms with Gasteiger partial charge in [-0.25, -0.2) is 4.98 Å². The molecule has 0 saturated heterocycles. The number of carbonyl (C=O) groups is 1. The van der Waals surface area contributed by atoms with Crippen LogP contribution in [0.3, 0.4) is 0 Å². The monoisotopic (exact) mass is 300 g/mol. The van der Waals surface area contributed by atoms with Crippen molar-refractivity contribution in [1.29, 1.82) is 0 Å². The Morgan fingerprint density at radius 1 is 1.41 bits per heavy atom. The van der Waals surface area contributed by atoms with Crippen LogP contribution in [0.1, 0.15) is 39.5 Å². The van der Waals surface area contributed by atoms with Gasteiger partial charge in [0.15, 0.2) is 5.95 Å². The Kier molecular flexibility index (Phi) is 5.58. The minimum Gasteiger partial charge on any atom is -0.369 e. The molecule has 0 aliphatic carbocycles. The Morgan fingerprint density at radius 2 is 2.23 bits per heavy atom. The van der Waals surface area contributed by atoms with Gasteiger partial charge in [-0.15, -0.1) is 0 Å². The van der Waals surface area contributed by atoms with Gasteiger partial charge in [0.25, 0.3) is 0 Å². The molecule has 118 valence electrons. The molecule has 22 heavy (non-hydrogen) atoms. The number of carbonyl (C=O) groups excluding carboxylic acids is 1. The number of aromatic amines is 1. The van der Waals surface area contributed by atoms with E-state index in [0.717, 1.165) is 42.6 Å². The summed E-state index contributed by atoms with van der Waals surface area (Å²) < 4.78 is 0. The maximum Gasteiger partial charge on any atom is 0.227 e. The number of anilines is 2. The Balaban J connectivity index is 2.08. The van der Waals surface area contributed by atoms with Crippen molar-refractivity contribution < 1.29 is 4.79 Å². The highest BCUT2D eigenvalue weighted by atomic mass is 16.1. The number of hydrogen-bond acceptors (Lipinski definition) is 3. The minimum absolute atomic E-state index is 0.0754. The van der Waals surface area contributed by atoms with Crippen molar-refractivity contribution in [2.24, 2.45) is 5.92 Å². The van der Waals surface area contributed by atoms with E-state index < -0.39 is 0 Å². The average molecular weight is 300 g/mol. The van der Waals surface area contributed by atoms with Crippen molar-refractivity contribution in [3.63, 3.8) is 0 Å². The Labute approximate surface area is 131 Å².